The molecule has 18 heavy (non-hydrogen) atoms. The molecule has 96 valence electrons. The van der Waals surface area contributed by atoms with Crippen LogP contribution < -0.4 is 5.73 Å². The van der Waals surface area contributed by atoms with Crippen molar-refractivity contribution < 1.29 is 4.39 Å². The lowest BCUT2D eigenvalue weighted by Crippen LogP contribution is -2.18. The second kappa shape index (κ2) is 5.46. The number of thiazole rings is 1. The highest BCUT2D eigenvalue weighted by Gasteiger charge is 2.09. The molecule has 0 aliphatic heterocycles. The predicted molar refractivity (Wildman–Crippen MR) is 72.8 cm³/mol. The molecule has 0 fully saturated rings. The molecular formula is C13H16FN3S. The first-order valence-electron chi connectivity index (χ1n) is 5.68. The van der Waals surface area contributed by atoms with Crippen LogP contribution in [0.4, 0.5) is 10.1 Å². The largest absolute Gasteiger partial charge is 0.396 e. The van der Waals surface area contributed by atoms with Gasteiger partial charge < -0.3 is 5.73 Å². The molecule has 0 aliphatic rings. The minimum atomic E-state index is -0.352. The van der Waals surface area contributed by atoms with Gasteiger partial charge in [-0.3, -0.25) is 4.90 Å². The highest BCUT2D eigenvalue weighted by molar-refractivity contribution is 7.09. The average Bonchev–Trinajstić information content (AvgIpc) is 2.71. The molecule has 1 heterocycles. The van der Waals surface area contributed by atoms with E-state index >= 15 is 0 Å². The summed E-state index contributed by atoms with van der Waals surface area (Å²) in [5.41, 5.74) is 9.68. The summed E-state index contributed by atoms with van der Waals surface area (Å²) in [6.07, 6.45) is 0. The first-order chi connectivity index (χ1) is 8.58. The van der Waals surface area contributed by atoms with Crippen LogP contribution in [-0.4, -0.2) is 16.9 Å². The first-order valence-corrected chi connectivity index (χ1v) is 6.56. The molecule has 0 spiro atoms. The van der Waals surface area contributed by atoms with E-state index in [1.54, 1.807) is 17.4 Å². The molecule has 2 N–H and O–H groups in total. The molecule has 0 amide bonds. The van der Waals surface area contributed by atoms with Crippen molar-refractivity contribution in [2.24, 2.45) is 0 Å². The van der Waals surface area contributed by atoms with Crippen molar-refractivity contribution in [3.8, 4) is 0 Å². The predicted octanol–water partition coefficient (Wildman–Crippen LogP) is 2.80. The molecule has 3 nitrogen and oxygen atoms in total. The number of nitrogens with zero attached hydrogens (tertiary/aromatic N) is 2. The molecule has 2 rings (SSSR count). The SMILES string of the molecule is Cc1ncsc1CN(C)Cc1cccc(F)c1N. The second-order valence-electron chi connectivity index (χ2n) is 4.35. The lowest BCUT2D eigenvalue weighted by Gasteiger charge is -2.17. The van der Waals surface area contributed by atoms with Crippen molar-refractivity contribution in [2.45, 2.75) is 20.0 Å². The Kier molecular flexibility index (Phi) is 3.93. The van der Waals surface area contributed by atoms with E-state index in [4.69, 9.17) is 5.73 Å². The van der Waals surface area contributed by atoms with Gasteiger partial charge in [-0.05, 0) is 25.6 Å². The molecule has 2 aromatic rings. The van der Waals surface area contributed by atoms with Crippen LogP contribution >= 0.6 is 11.3 Å². The van der Waals surface area contributed by atoms with Crippen LogP contribution in [-0.2, 0) is 13.1 Å². The number of para-hydroxylation sites is 1. The molecule has 0 saturated carbocycles. The summed E-state index contributed by atoms with van der Waals surface area (Å²) in [5.74, 6) is -0.352. The van der Waals surface area contributed by atoms with Crippen LogP contribution in [0.1, 0.15) is 16.1 Å². The van der Waals surface area contributed by atoms with Gasteiger partial charge in [0, 0.05) is 18.0 Å². The van der Waals surface area contributed by atoms with Crippen LogP contribution in [0.2, 0.25) is 0 Å². The Bertz CT molecular complexity index is 539. The van der Waals surface area contributed by atoms with E-state index in [2.05, 4.69) is 9.88 Å². The number of nitrogen functional groups attached to an aromatic ring is 1. The van der Waals surface area contributed by atoms with Crippen molar-refractivity contribution in [1.29, 1.82) is 0 Å². The van der Waals surface area contributed by atoms with Crippen molar-refractivity contribution in [1.82, 2.24) is 9.88 Å². The van der Waals surface area contributed by atoms with Gasteiger partial charge in [0.25, 0.3) is 0 Å². The summed E-state index contributed by atoms with van der Waals surface area (Å²) in [7, 11) is 1.99. The van der Waals surface area contributed by atoms with Gasteiger partial charge in [0.1, 0.15) is 5.82 Å². The number of anilines is 1. The Morgan fingerprint density at radius 2 is 2.17 bits per heavy atom. The number of benzene rings is 1. The molecule has 1 aromatic carbocycles. The second-order valence-corrected chi connectivity index (χ2v) is 5.29. The number of hydrogen-bond donors (Lipinski definition) is 1. The maximum atomic E-state index is 13.3. The quantitative estimate of drug-likeness (QED) is 0.864. The zero-order chi connectivity index (χ0) is 13.1. The van der Waals surface area contributed by atoms with Crippen molar-refractivity contribution >= 4 is 17.0 Å². The monoisotopic (exact) mass is 265 g/mol. The lowest BCUT2D eigenvalue weighted by atomic mass is 10.1. The fraction of sp³-hybridized carbons (Fsp3) is 0.308. The fourth-order valence-corrected chi connectivity index (χ4v) is 2.65. The smallest absolute Gasteiger partial charge is 0.146 e. The van der Waals surface area contributed by atoms with Crippen LogP contribution in [0.15, 0.2) is 23.7 Å². The molecule has 1 aromatic heterocycles. The Morgan fingerprint density at radius 1 is 1.39 bits per heavy atom. The van der Waals surface area contributed by atoms with Gasteiger partial charge in [0.15, 0.2) is 0 Å². The fourth-order valence-electron chi connectivity index (χ4n) is 1.79. The van der Waals surface area contributed by atoms with E-state index < -0.39 is 0 Å². The van der Waals surface area contributed by atoms with Gasteiger partial charge in [-0.1, -0.05) is 12.1 Å². The lowest BCUT2D eigenvalue weighted by molar-refractivity contribution is 0.321. The molecule has 0 radical (unpaired) electrons. The maximum Gasteiger partial charge on any atom is 0.146 e. The highest BCUT2D eigenvalue weighted by Crippen LogP contribution is 2.19. The minimum Gasteiger partial charge on any atom is -0.396 e. The summed E-state index contributed by atoms with van der Waals surface area (Å²) >= 11 is 1.64. The van der Waals surface area contributed by atoms with Gasteiger partial charge in [-0.25, -0.2) is 9.37 Å². The Hall–Kier alpha value is -1.46. The third kappa shape index (κ3) is 2.86. The van der Waals surface area contributed by atoms with Crippen LogP contribution in [0.25, 0.3) is 0 Å². The normalized spacial score (nSPS) is 11.1. The maximum absolute atomic E-state index is 13.3. The van der Waals surface area contributed by atoms with E-state index in [0.717, 1.165) is 17.8 Å². The summed E-state index contributed by atoms with van der Waals surface area (Å²) in [6, 6.07) is 4.92. The molecule has 5 heteroatoms. The van der Waals surface area contributed by atoms with Crippen molar-refractivity contribution in [3.05, 3.63) is 45.7 Å². The van der Waals surface area contributed by atoms with Gasteiger partial charge in [-0.2, -0.15) is 0 Å². The number of hydrogen-bond acceptors (Lipinski definition) is 4. The summed E-state index contributed by atoms with van der Waals surface area (Å²) in [6.45, 7) is 3.42. The van der Waals surface area contributed by atoms with Crippen molar-refractivity contribution in [2.75, 3.05) is 12.8 Å². The summed E-state index contributed by atoms with van der Waals surface area (Å²) in [4.78, 5) is 7.55. The standard InChI is InChI=1S/C13H16FN3S/c1-9-12(18-8-16-9)7-17(2)6-10-4-3-5-11(14)13(10)15/h3-5,8H,6-7,15H2,1-2H3. The van der Waals surface area contributed by atoms with Crippen LogP contribution in [0.3, 0.4) is 0 Å². The third-order valence-electron chi connectivity index (χ3n) is 2.84. The number of nitrogens with two attached hydrogens (primary N) is 1. The Morgan fingerprint density at radius 3 is 2.83 bits per heavy atom. The van der Waals surface area contributed by atoms with Crippen LogP contribution in [0, 0.1) is 12.7 Å². The summed E-state index contributed by atoms with van der Waals surface area (Å²) in [5, 5.41) is 0. The molecular weight excluding hydrogens is 249 g/mol. The van der Waals surface area contributed by atoms with Crippen molar-refractivity contribution in [3.63, 3.8) is 0 Å². The van der Waals surface area contributed by atoms with E-state index in [-0.39, 0.29) is 11.5 Å². The van der Waals surface area contributed by atoms with Gasteiger partial charge in [0.2, 0.25) is 0 Å². The van der Waals surface area contributed by atoms with E-state index in [1.165, 1.54) is 10.9 Å². The molecule has 0 unspecified atom stereocenters. The topological polar surface area (TPSA) is 42.2 Å². The number of aryl methyl sites for hydroxylation is 1. The minimum absolute atomic E-state index is 0.241. The van der Waals surface area contributed by atoms with E-state index in [1.807, 2.05) is 25.5 Å². The molecule has 0 bridgehead atoms. The zero-order valence-corrected chi connectivity index (χ0v) is 11.3. The number of rotatable bonds is 4. The zero-order valence-electron chi connectivity index (χ0n) is 10.5. The van der Waals surface area contributed by atoms with Gasteiger partial charge in [0.05, 0.1) is 16.9 Å². The Labute approximate surface area is 110 Å². The highest BCUT2D eigenvalue weighted by atomic mass is 32.1. The number of halogens is 1. The molecule has 0 atom stereocenters. The van der Waals surface area contributed by atoms with Gasteiger partial charge in [-0.15, -0.1) is 11.3 Å². The molecule has 0 aliphatic carbocycles. The molecule has 0 saturated heterocycles. The average molecular weight is 265 g/mol. The third-order valence-corrected chi connectivity index (χ3v) is 3.76. The van der Waals surface area contributed by atoms with Gasteiger partial charge >= 0.3 is 0 Å². The first kappa shape index (κ1) is 13.0. The van der Waals surface area contributed by atoms with E-state index in [0.29, 0.717) is 6.54 Å². The summed E-state index contributed by atoms with van der Waals surface area (Å²) < 4.78 is 13.3. The Balaban J connectivity index is 2.05. The van der Waals surface area contributed by atoms with E-state index in [9.17, 15) is 4.39 Å². The number of aromatic nitrogens is 1. The van der Waals surface area contributed by atoms with Crippen LogP contribution in [0.5, 0.6) is 0 Å².